The maximum Gasteiger partial charge on any atom is 0.0402 e. The van der Waals surface area contributed by atoms with E-state index in [-0.39, 0.29) is 13.2 Å². The van der Waals surface area contributed by atoms with Crippen LogP contribution in [0.2, 0.25) is 0 Å². The van der Waals surface area contributed by atoms with Crippen LogP contribution in [0.25, 0.3) is 0 Å². The van der Waals surface area contributed by atoms with Gasteiger partial charge < -0.3 is 10.2 Å². The molecule has 96 valence electrons. The fourth-order valence-corrected chi connectivity index (χ4v) is 4.02. The van der Waals surface area contributed by atoms with E-state index in [1.165, 1.54) is 23.7 Å². The summed E-state index contributed by atoms with van der Waals surface area (Å²) in [5, 5.41) is 15.1. The summed E-state index contributed by atoms with van der Waals surface area (Å²) in [6.45, 7) is 3.86. The molecular weight excluding hydrogens is 200 g/mol. The van der Waals surface area contributed by atoms with Crippen molar-refractivity contribution in [1.29, 1.82) is 0 Å². The van der Waals surface area contributed by atoms with E-state index < -0.39 is 0 Å². The number of hydrogen-bond acceptors (Lipinski definition) is 2. The Balaban J connectivity index is 0.000000185. The third-order valence-corrected chi connectivity index (χ3v) is 4.35. The van der Waals surface area contributed by atoms with Crippen molar-refractivity contribution in [2.45, 2.75) is 52.4 Å². The first-order valence-corrected chi connectivity index (χ1v) is 7.00. The number of aliphatic hydroxyl groups excluding tert-OH is 2. The zero-order valence-electron chi connectivity index (χ0n) is 10.9. The minimum absolute atomic E-state index is 0.250. The molecule has 0 aromatic rings. The van der Waals surface area contributed by atoms with Crippen molar-refractivity contribution in [2.75, 3.05) is 13.2 Å². The summed E-state index contributed by atoms with van der Waals surface area (Å²) in [7, 11) is 0. The lowest BCUT2D eigenvalue weighted by Gasteiger charge is -2.23. The minimum atomic E-state index is 0.250. The van der Waals surface area contributed by atoms with Crippen molar-refractivity contribution in [2.24, 2.45) is 23.7 Å². The summed E-state index contributed by atoms with van der Waals surface area (Å²) >= 11 is 0. The number of rotatable bonds is 0. The lowest BCUT2D eigenvalue weighted by Crippen LogP contribution is -2.15. The van der Waals surface area contributed by atoms with E-state index in [1.807, 2.05) is 0 Å². The van der Waals surface area contributed by atoms with Gasteiger partial charge in [0.05, 0.1) is 0 Å². The van der Waals surface area contributed by atoms with Gasteiger partial charge in [0.1, 0.15) is 0 Å². The molecule has 0 radical (unpaired) electrons. The molecule has 0 aliphatic heterocycles. The highest BCUT2D eigenvalue weighted by molar-refractivity contribution is 4.98. The molecule has 3 saturated carbocycles. The first kappa shape index (κ1) is 14.0. The molecule has 0 aromatic carbocycles. The van der Waals surface area contributed by atoms with Gasteiger partial charge in [-0.2, -0.15) is 0 Å². The summed E-state index contributed by atoms with van der Waals surface area (Å²) in [6, 6.07) is 0. The van der Waals surface area contributed by atoms with Crippen LogP contribution >= 0.6 is 0 Å². The molecule has 0 amide bonds. The van der Waals surface area contributed by atoms with Gasteiger partial charge in [-0.05, 0) is 69.6 Å². The first-order chi connectivity index (χ1) is 7.78. The van der Waals surface area contributed by atoms with E-state index in [1.54, 1.807) is 52.4 Å². The normalized spacial score (nSPS) is 38.2. The minimum Gasteiger partial charge on any atom is -0.397 e. The fourth-order valence-electron chi connectivity index (χ4n) is 4.02. The van der Waals surface area contributed by atoms with Gasteiger partial charge in [-0.3, -0.25) is 0 Å². The predicted octanol–water partition coefficient (Wildman–Crippen LogP) is 2.83. The predicted molar refractivity (Wildman–Crippen MR) is 67.2 cm³/mol. The average molecular weight is 228 g/mol. The molecule has 3 rings (SSSR count). The molecule has 3 aliphatic rings. The van der Waals surface area contributed by atoms with Crippen LogP contribution in [0.5, 0.6) is 0 Å². The van der Waals surface area contributed by atoms with E-state index in [9.17, 15) is 0 Å². The first-order valence-electron chi connectivity index (χ1n) is 7.00. The molecule has 2 heteroatoms. The Hall–Kier alpha value is -0.0800. The van der Waals surface area contributed by atoms with Gasteiger partial charge in [-0.15, -0.1) is 0 Å². The standard InChI is InChI=1S/C10H16.2C2H6O/c1-2-9-7-4-5-8(6-7)10(9)3-1;2*1-2-3/h7-10H,1-6H2;2*3H,2H2,1H3. The second-order valence-electron chi connectivity index (χ2n) is 5.22. The topological polar surface area (TPSA) is 40.5 Å². The van der Waals surface area contributed by atoms with Gasteiger partial charge >= 0.3 is 0 Å². The summed E-state index contributed by atoms with van der Waals surface area (Å²) in [5.74, 6) is 4.80. The molecular formula is C14H28O2. The van der Waals surface area contributed by atoms with Crippen LogP contribution < -0.4 is 0 Å². The van der Waals surface area contributed by atoms with Crippen molar-refractivity contribution in [3.8, 4) is 0 Å². The molecule has 0 spiro atoms. The van der Waals surface area contributed by atoms with E-state index in [0.717, 1.165) is 0 Å². The second kappa shape index (κ2) is 7.29. The van der Waals surface area contributed by atoms with Crippen LogP contribution in [0, 0.1) is 23.7 Å². The Morgan fingerprint density at radius 1 is 0.812 bits per heavy atom. The summed E-state index contributed by atoms with van der Waals surface area (Å²) in [5.41, 5.74) is 0. The zero-order chi connectivity index (χ0) is 12.0. The van der Waals surface area contributed by atoms with Gasteiger partial charge in [-0.1, -0.05) is 6.42 Å². The Morgan fingerprint density at radius 3 is 1.56 bits per heavy atom. The Labute approximate surface area is 100 Å². The molecule has 4 unspecified atom stereocenters. The van der Waals surface area contributed by atoms with Crippen LogP contribution in [-0.4, -0.2) is 23.4 Å². The van der Waals surface area contributed by atoms with E-state index in [4.69, 9.17) is 10.2 Å². The highest BCUT2D eigenvalue weighted by Gasteiger charge is 2.48. The Bertz CT molecular complexity index is 164. The summed E-state index contributed by atoms with van der Waals surface area (Å²) < 4.78 is 0. The smallest absolute Gasteiger partial charge is 0.0402 e. The van der Waals surface area contributed by atoms with Gasteiger partial charge in [0.2, 0.25) is 0 Å². The maximum absolute atomic E-state index is 7.57. The van der Waals surface area contributed by atoms with Crippen molar-refractivity contribution < 1.29 is 10.2 Å². The Morgan fingerprint density at radius 2 is 1.19 bits per heavy atom. The van der Waals surface area contributed by atoms with Crippen LogP contribution in [0.3, 0.4) is 0 Å². The highest BCUT2D eigenvalue weighted by atomic mass is 16.3. The lowest BCUT2D eigenvalue weighted by molar-refractivity contribution is 0.259. The second-order valence-corrected chi connectivity index (χ2v) is 5.22. The van der Waals surface area contributed by atoms with Crippen molar-refractivity contribution >= 4 is 0 Å². The van der Waals surface area contributed by atoms with Crippen LogP contribution in [0.15, 0.2) is 0 Å². The third-order valence-electron chi connectivity index (χ3n) is 4.35. The molecule has 0 saturated heterocycles. The molecule has 3 fully saturated rings. The number of hydrogen-bond donors (Lipinski definition) is 2. The van der Waals surface area contributed by atoms with Gasteiger partial charge in [0.25, 0.3) is 0 Å². The number of aliphatic hydroxyl groups is 2. The largest absolute Gasteiger partial charge is 0.397 e. The lowest BCUT2D eigenvalue weighted by atomic mass is 9.82. The van der Waals surface area contributed by atoms with Crippen LogP contribution in [0.1, 0.15) is 52.4 Å². The quantitative estimate of drug-likeness (QED) is 0.669. The van der Waals surface area contributed by atoms with E-state index >= 15 is 0 Å². The highest BCUT2D eigenvalue weighted by Crippen LogP contribution is 2.58. The zero-order valence-corrected chi connectivity index (χ0v) is 10.9. The van der Waals surface area contributed by atoms with Gasteiger partial charge in [-0.25, -0.2) is 0 Å². The maximum atomic E-state index is 7.57. The van der Waals surface area contributed by atoms with Crippen molar-refractivity contribution in [3.05, 3.63) is 0 Å². The summed E-state index contributed by atoms with van der Waals surface area (Å²) in [6.07, 6.45) is 9.53. The van der Waals surface area contributed by atoms with Crippen molar-refractivity contribution in [3.63, 3.8) is 0 Å². The van der Waals surface area contributed by atoms with Crippen LogP contribution in [0.4, 0.5) is 0 Å². The van der Waals surface area contributed by atoms with Gasteiger partial charge in [0, 0.05) is 13.2 Å². The SMILES string of the molecule is C1CC2C3CCC(C3)C2C1.CCO.CCO. The van der Waals surface area contributed by atoms with Crippen LogP contribution in [-0.2, 0) is 0 Å². The molecule has 2 N–H and O–H groups in total. The molecule has 0 heterocycles. The van der Waals surface area contributed by atoms with E-state index in [2.05, 4.69) is 0 Å². The van der Waals surface area contributed by atoms with Gasteiger partial charge in [0.15, 0.2) is 0 Å². The molecule has 0 aromatic heterocycles. The third kappa shape index (κ3) is 3.21. The number of fused-ring (bicyclic) bond motifs is 5. The van der Waals surface area contributed by atoms with E-state index in [0.29, 0.717) is 0 Å². The Kier molecular flexibility index (Phi) is 6.37. The molecule has 3 aliphatic carbocycles. The van der Waals surface area contributed by atoms with Crippen molar-refractivity contribution in [1.82, 2.24) is 0 Å². The molecule has 16 heavy (non-hydrogen) atoms. The monoisotopic (exact) mass is 228 g/mol. The average Bonchev–Trinajstić information content (AvgIpc) is 2.94. The summed E-state index contributed by atoms with van der Waals surface area (Å²) in [4.78, 5) is 0. The molecule has 4 atom stereocenters. The fraction of sp³-hybridized carbons (Fsp3) is 1.00. The molecule has 2 bridgehead atoms. The molecule has 2 nitrogen and oxygen atoms in total.